The van der Waals surface area contributed by atoms with E-state index >= 15 is 0 Å². The summed E-state index contributed by atoms with van der Waals surface area (Å²) >= 11 is 3.44. The van der Waals surface area contributed by atoms with Gasteiger partial charge in [-0.3, -0.25) is 0 Å². The maximum atomic E-state index is 8.74. The highest BCUT2D eigenvalue weighted by Gasteiger charge is 2.05. The average molecular weight is 288 g/mol. The van der Waals surface area contributed by atoms with Crippen LogP contribution in [-0.2, 0) is 6.54 Å². The molecular formula is C12H18BrNO2. The molecule has 3 nitrogen and oxygen atoms in total. The molecule has 0 saturated carbocycles. The van der Waals surface area contributed by atoms with Crippen molar-refractivity contribution in [3.63, 3.8) is 0 Å². The number of ether oxygens (including phenoxy) is 1. The van der Waals surface area contributed by atoms with Crippen LogP contribution in [0.25, 0.3) is 0 Å². The van der Waals surface area contributed by atoms with Gasteiger partial charge in [-0.15, -0.1) is 0 Å². The molecule has 0 aliphatic rings. The number of hydrogen-bond acceptors (Lipinski definition) is 3. The van der Waals surface area contributed by atoms with E-state index in [-0.39, 0.29) is 6.61 Å². The molecule has 0 fully saturated rings. The third kappa shape index (κ3) is 4.51. The van der Waals surface area contributed by atoms with Gasteiger partial charge < -0.3 is 15.2 Å². The minimum absolute atomic E-state index is 0.0348. The number of aliphatic hydroxyl groups is 1. The molecule has 0 heterocycles. The molecule has 1 rings (SSSR count). The average Bonchev–Trinajstić information content (AvgIpc) is 2.25. The van der Waals surface area contributed by atoms with Gasteiger partial charge in [0.1, 0.15) is 12.4 Å². The Hall–Kier alpha value is -0.580. The van der Waals surface area contributed by atoms with Gasteiger partial charge in [-0.25, -0.2) is 0 Å². The molecule has 0 radical (unpaired) electrons. The van der Waals surface area contributed by atoms with Crippen molar-refractivity contribution in [3.8, 4) is 5.75 Å². The van der Waals surface area contributed by atoms with Crippen molar-refractivity contribution in [2.45, 2.75) is 26.4 Å². The Balaban J connectivity index is 2.72. The first-order chi connectivity index (χ1) is 7.63. The Morgan fingerprint density at radius 3 is 2.81 bits per heavy atom. The Bertz CT molecular complexity index is 329. The Morgan fingerprint density at radius 2 is 2.19 bits per heavy atom. The summed E-state index contributed by atoms with van der Waals surface area (Å²) in [6.07, 6.45) is 0. The van der Waals surface area contributed by atoms with Crippen LogP contribution in [0.15, 0.2) is 22.7 Å². The summed E-state index contributed by atoms with van der Waals surface area (Å²) in [7, 11) is 0. The lowest BCUT2D eigenvalue weighted by molar-refractivity contribution is 0.200. The van der Waals surface area contributed by atoms with Crippen molar-refractivity contribution in [2.24, 2.45) is 0 Å². The van der Waals surface area contributed by atoms with Crippen molar-refractivity contribution in [1.29, 1.82) is 0 Å². The molecule has 1 aromatic rings. The molecule has 0 aliphatic carbocycles. The second-order valence-corrected chi connectivity index (χ2v) is 4.78. The minimum Gasteiger partial charge on any atom is -0.491 e. The van der Waals surface area contributed by atoms with Gasteiger partial charge >= 0.3 is 0 Å². The van der Waals surface area contributed by atoms with Gasteiger partial charge in [0.15, 0.2) is 0 Å². The molecule has 0 aliphatic heterocycles. The van der Waals surface area contributed by atoms with E-state index in [2.05, 4.69) is 35.1 Å². The highest BCUT2D eigenvalue weighted by Crippen LogP contribution is 2.23. The highest BCUT2D eigenvalue weighted by atomic mass is 79.9. The van der Waals surface area contributed by atoms with Crippen LogP contribution in [0, 0.1) is 0 Å². The Morgan fingerprint density at radius 1 is 1.44 bits per heavy atom. The van der Waals surface area contributed by atoms with E-state index in [0.717, 1.165) is 22.3 Å². The Labute approximate surface area is 105 Å². The third-order valence-electron chi connectivity index (χ3n) is 2.07. The molecule has 90 valence electrons. The SMILES string of the molecule is CC(C)NCc1cc(Br)ccc1OCCO. The van der Waals surface area contributed by atoms with Crippen molar-refractivity contribution >= 4 is 15.9 Å². The quantitative estimate of drug-likeness (QED) is 0.844. The zero-order valence-electron chi connectivity index (χ0n) is 9.66. The monoisotopic (exact) mass is 287 g/mol. The molecule has 16 heavy (non-hydrogen) atoms. The summed E-state index contributed by atoms with van der Waals surface area (Å²) in [5, 5.41) is 12.1. The minimum atomic E-state index is 0.0348. The van der Waals surface area contributed by atoms with Gasteiger partial charge in [0.2, 0.25) is 0 Å². The van der Waals surface area contributed by atoms with Crippen molar-refractivity contribution < 1.29 is 9.84 Å². The van der Waals surface area contributed by atoms with E-state index in [0.29, 0.717) is 12.6 Å². The van der Waals surface area contributed by atoms with Gasteiger partial charge in [0.25, 0.3) is 0 Å². The number of hydrogen-bond donors (Lipinski definition) is 2. The zero-order chi connectivity index (χ0) is 12.0. The number of benzene rings is 1. The molecular weight excluding hydrogens is 270 g/mol. The summed E-state index contributed by atoms with van der Waals surface area (Å²) in [5.41, 5.74) is 1.09. The van der Waals surface area contributed by atoms with Crippen LogP contribution in [0.2, 0.25) is 0 Å². The summed E-state index contributed by atoms with van der Waals surface area (Å²) in [6.45, 7) is 5.33. The number of rotatable bonds is 6. The first kappa shape index (κ1) is 13.5. The summed E-state index contributed by atoms with van der Waals surface area (Å²) in [4.78, 5) is 0. The zero-order valence-corrected chi connectivity index (χ0v) is 11.3. The van der Waals surface area contributed by atoms with Crippen molar-refractivity contribution in [3.05, 3.63) is 28.2 Å². The molecule has 0 amide bonds. The predicted octanol–water partition coefficient (Wildman–Crippen LogP) is 2.32. The van der Waals surface area contributed by atoms with Gasteiger partial charge in [-0.1, -0.05) is 29.8 Å². The molecule has 0 atom stereocenters. The van der Waals surface area contributed by atoms with Crippen LogP contribution in [0.3, 0.4) is 0 Å². The highest BCUT2D eigenvalue weighted by molar-refractivity contribution is 9.10. The van der Waals surface area contributed by atoms with Crippen LogP contribution in [-0.4, -0.2) is 24.4 Å². The molecule has 0 bridgehead atoms. The van der Waals surface area contributed by atoms with Crippen LogP contribution >= 0.6 is 15.9 Å². The molecule has 0 spiro atoms. The van der Waals surface area contributed by atoms with Crippen LogP contribution < -0.4 is 10.1 Å². The second-order valence-electron chi connectivity index (χ2n) is 3.86. The maximum Gasteiger partial charge on any atom is 0.123 e. The molecule has 2 N–H and O–H groups in total. The van der Waals surface area contributed by atoms with E-state index < -0.39 is 0 Å². The molecule has 0 unspecified atom stereocenters. The third-order valence-corrected chi connectivity index (χ3v) is 2.57. The van der Waals surface area contributed by atoms with E-state index in [1.165, 1.54) is 0 Å². The standard InChI is InChI=1S/C12H18BrNO2/c1-9(2)14-8-10-7-11(13)3-4-12(10)16-6-5-15/h3-4,7,9,14-15H,5-6,8H2,1-2H3. The molecule has 1 aromatic carbocycles. The first-order valence-electron chi connectivity index (χ1n) is 5.39. The van der Waals surface area contributed by atoms with Gasteiger partial charge in [0, 0.05) is 22.6 Å². The molecule has 0 saturated heterocycles. The van der Waals surface area contributed by atoms with Crippen LogP contribution in [0.1, 0.15) is 19.4 Å². The van der Waals surface area contributed by atoms with E-state index in [9.17, 15) is 0 Å². The molecule has 0 aromatic heterocycles. The Kier molecular flexibility index (Phi) is 5.80. The number of nitrogens with one attached hydrogen (secondary N) is 1. The maximum absolute atomic E-state index is 8.74. The second kappa shape index (κ2) is 6.89. The lowest BCUT2D eigenvalue weighted by atomic mass is 10.2. The van der Waals surface area contributed by atoms with Gasteiger partial charge in [-0.2, -0.15) is 0 Å². The number of aliphatic hydroxyl groups excluding tert-OH is 1. The fourth-order valence-electron chi connectivity index (χ4n) is 1.30. The fraction of sp³-hybridized carbons (Fsp3) is 0.500. The summed E-state index contributed by atoms with van der Waals surface area (Å²) in [6, 6.07) is 6.31. The van der Waals surface area contributed by atoms with Gasteiger partial charge in [-0.05, 0) is 18.2 Å². The summed E-state index contributed by atoms with van der Waals surface area (Å²) < 4.78 is 6.49. The molecule has 4 heteroatoms. The lowest BCUT2D eigenvalue weighted by Gasteiger charge is -2.13. The fourth-order valence-corrected chi connectivity index (χ4v) is 1.71. The lowest BCUT2D eigenvalue weighted by Crippen LogP contribution is -2.22. The normalized spacial score (nSPS) is 10.8. The van der Waals surface area contributed by atoms with E-state index in [1.54, 1.807) is 0 Å². The smallest absolute Gasteiger partial charge is 0.123 e. The van der Waals surface area contributed by atoms with Crippen molar-refractivity contribution in [1.82, 2.24) is 5.32 Å². The van der Waals surface area contributed by atoms with E-state index in [1.807, 2.05) is 18.2 Å². The largest absolute Gasteiger partial charge is 0.491 e. The van der Waals surface area contributed by atoms with Crippen molar-refractivity contribution in [2.75, 3.05) is 13.2 Å². The topological polar surface area (TPSA) is 41.5 Å². The summed E-state index contributed by atoms with van der Waals surface area (Å²) in [5.74, 6) is 0.824. The predicted molar refractivity (Wildman–Crippen MR) is 68.7 cm³/mol. The number of halogens is 1. The first-order valence-corrected chi connectivity index (χ1v) is 6.18. The van der Waals surface area contributed by atoms with Gasteiger partial charge in [0.05, 0.1) is 6.61 Å². The van der Waals surface area contributed by atoms with E-state index in [4.69, 9.17) is 9.84 Å². The van der Waals surface area contributed by atoms with Crippen LogP contribution in [0.4, 0.5) is 0 Å². The van der Waals surface area contributed by atoms with Crippen LogP contribution in [0.5, 0.6) is 5.75 Å².